The monoisotopic (exact) mass is 619 g/mol. The third-order valence-electron chi connectivity index (χ3n) is 5.93. The molecule has 0 fully saturated rings. The first-order valence-electron chi connectivity index (χ1n) is 12.4. The third kappa shape index (κ3) is 7.57. The number of likely N-dealkylation sites (N-methyl/N-ethyl adjacent to an activating group) is 1. The fourth-order valence-corrected chi connectivity index (χ4v) is 5.53. The van der Waals surface area contributed by atoms with Crippen LogP contribution in [0.3, 0.4) is 0 Å². The second-order valence-corrected chi connectivity index (χ2v) is 11.4. The Balaban J connectivity index is 2.04. The smallest absolute Gasteiger partial charge is 0.264 e. The van der Waals surface area contributed by atoms with Crippen molar-refractivity contribution in [2.24, 2.45) is 0 Å². The lowest BCUT2D eigenvalue weighted by molar-refractivity contribution is -0.139. The van der Waals surface area contributed by atoms with Crippen LogP contribution in [0.15, 0.2) is 82.2 Å². The number of rotatable bonds is 12. The minimum Gasteiger partial charge on any atom is -0.494 e. The molecule has 0 heterocycles. The number of nitrogens with one attached hydrogen (secondary N) is 1. The highest BCUT2D eigenvalue weighted by Gasteiger charge is 2.32. The maximum atomic E-state index is 14.5. The fourth-order valence-electron chi connectivity index (χ4n) is 3.85. The van der Waals surface area contributed by atoms with Crippen molar-refractivity contribution in [3.05, 3.63) is 88.6 Å². The first kappa shape index (κ1) is 30.1. The van der Waals surface area contributed by atoms with Crippen LogP contribution in [0.4, 0.5) is 10.1 Å². The second-order valence-electron chi connectivity index (χ2n) is 8.58. The molecule has 0 aliphatic carbocycles. The lowest BCUT2D eigenvalue weighted by Gasteiger charge is -2.32. The van der Waals surface area contributed by atoms with E-state index in [0.717, 1.165) is 4.31 Å². The molecule has 0 saturated heterocycles. The first-order chi connectivity index (χ1) is 18.6. The van der Waals surface area contributed by atoms with Crippen molar-refractivity contribution in [3.63, 3.8) is 0 Å². The number of sulfonamides is 1. The zero-order valence-corrected chi connectivity index (χ0v) is 24.3. The van der Waals surface area contributed by atoms with Gasteiger partial charge in [-0.05, 0) is 75.4 Å². The summed E-state index contributed by atoms with van der Waals surface area (Å²) in [5.74, 6) is -1.11. The van der Waals surface area contributed by atoms with Gasteiger partial charge in [0.1, 0.15) is 24.2 Å². The predicted octanol–water partition coefficient (Wildman–Crippen LogP) is 4.74. The van der Waals surface area contributed by atoms with E-state index >= 15 is 0 Å². The summed E-state index contributed by atoms with van der Waals surface area (Å²) in [5, 5.41) is 2.67. The normalized spacial score (nSPS) is 11.9. The average Bonchev–Trinajstić information content (AvgIpc) is 2.92. The highest BCUT2D eigenvalue weighted by atomic mass is 79.9. The summed E-state index contributed by atoms with van der Waals surface area (Å²) in [7, 11) is -4.21. The Morgan fingerprint density at radius 3 is 2.23 bits per heavy atom. The predicted molar refractivity (Wildman–Crippen MR) is 151 cm³/mol. The van der Waals surface area contributed by atoms with Crippen LogP contribution in [0.2, 0.25) is 0 Å². The molecule has 39 heavy (non-hydrogen) atoms. The molecule has 1 N–H and O–H groups in total. The molecule has 0 aliphatic heterocycles. The third-order valence-corrected chi connectivity index (χ3v) is 8.25. The van der Waals surface area contributed by atoms with Gasteiger partial charge in [-0.15, -0.1) is 0 Å². The van der Waals surface area contributed by atoms with Gasteiger partial charge in [0.2, 0.25) is 11.8 Å². The molecule has 2 amide bonds. The number of nitrogens with zero attached hydrogens (tertiary/aromatic N) is 2. The number of amides is 2. The highest BCUT2D eigenvalue weighted by Crippen LogP contribution is 2.27. The molecular formula is C28H31BrFN3O5S. The molecule has 0 bridgehead atoms. The molecule has 0 saturated carbocycles. The number of anilines is 1. The van der Waals surface area contributed by atoms with Crippen LogP contribution in [0.5, 0.6) is 5.75 Å². The van der Waals surface area contributed by atoms with E-state index in [4.69, 9.17) is 4.74 Å². The standard InChI is InChI=1S/C28H31BrFN3O5S/c1-4-31-28(35)20(3)32(18-21-8-6-7-9-26(21)30)27(34)19-33(23-12-14-24(15-13-23)38-5-2)39(36,37)25-16-10-22(29)11-17-25/h6-17,20H,4-5,18-19H2,1-3H3,(H,31,35)/t20-/m0/s1. The Bertz CT molecular complexity index is 1390. The number of benzene rings is 3. The first-order valence-corrected chi connectivity index (χ1v) is 14.6. The van der Waals surface area contributed by atoms with E-state index < -0.39 is 40.2 Å². The molecule has 8 nitrogen and oxygen atoms in total. The fraction of sp³-hybridized carbons (Fsp3) is 0.286. The molecular weight excluding hydrogens is 589 g/mol. The van der Waals surface area contributed by atoms with Gasteiger partial charge in [0.25, 0.3) is 10.0 Å². The molecule has 0 aromatic heterocycles. The maximum absolute atomic E-state index is 14.5. The lowest BCUT2D eigenvalue weighted by Crippen LogP contribution is -2.51. The minimum absolute atomic E-state index is 0.0233. The molecule has 3 aromatic rings. The summed E-state index contributed by atoms with van der Waals surface area (Å²) in [4.78, 5) is 27.7. The van der Waals surface area contributed by atoms with Gasteiger partial charge in [-0.3, -0.25) is 13.9 Å². The summed E-state index contributed by atoms with van der Waals surface area (Å²) >= 11 is 3.30. The number of halogens is 2. The van der Waals surface area contributed by atoms with E-state index in [2.05, 4.69) is 21.2 Å². The number of ether oxygens (including phenoxy) is 1. The van der Waals surface area contributed by atoms with Gasteiger partial charge < -0.3 is 15.0 Å². The van der Waals surface area contributed by atoms with E-state index in [9.17, 15) is 22.4 Å². The maximum Gasteiger partial charge on any atom is 0.264 e. The SMILES string of the molecule is CCNC(=O)[C@H](C)N(Cc1ccccc1F)C(=O)CN(c1ccc(OCC)cc1)S(=O)(=O)c1ccc(Br)cc1. The summed E-state index contributed by atoms with van der Waals surface area (Å²) in [6, 6.07) is 17.3. The molecule has 0 unspecified atom stereocenters. The van der Waals surface area contributed by atoms with Crippen molar-refractivity contribution in [3.8, 4) is 5.75 Å². The summed E-state index contributed by atoms with van der Waals surface area (Å²) in [5.41, 5.74) is 0.427. The molecule has 208 valence electrons. The van der Waals surface area contributed by atoms with Gasteiger partial charge in [0, 0.05) is 23.1 Å². The summed E-state index contributed by atoms with van der Waals surface area (Å²) < 4.78 is 49.3. The number of hydrogen-bond acceptors (Lipinski definition) is 5. The highest BCUT2D eigenvalue weighted by molar-refractivity contribution is 9.10. The Kier molecular flexibility index (Phi) is 10.5. The van der Waals surface area contributed by atoms with Crippen LogP contribution in [-0.2, 0) is 26.2 Å². The van der Waals surface area contributed by atoms with E-state index in [1.54, 1.807) is 49.4 Å². The zero-order valence-electron chi connectivity index (χ0n) is 21.9. The minimum atomic E-state index is -4.21. The molecule has 3 rings (SSSR count). The van der Waals surface area contributed by atoms with Crippen LogP contribution in [0, 0.1) is 5.82 Å². The topological polar surface area (TPSA) is 96.0 Å². The van der Waals surface area contributed by atoms with E-state index in [-0.39, 0.29) is 22.7 Å². The van der Waals surface area contributed by atoms with Gasteiger partial charge in [0.05, 0.1) is 17.2 Å². The van der Waals surface area contributed by atoms with Crippen molar-refractivity contribution < 1.29 is 27.1 Å². The van der Waals surface area contributed by atoms with Gasteiger partial charge in [0.15, 0.2) is 0 Å². The van der Waals surface area contributed by atoms with Gasteiger partial charge >= 0.3 is 0 Å². The number of carbonyl (C=O) groups is 2. The second kappa shape index (κ2) is 13.6. The van der Waals surface area contributed by atoms with Crippen molar-refractivity contribution >= 4 is 43.5 Å². The van der Waals surface area contributed by atoms with Crippen molar-refractivity contribution in [2.45, 2.75) is 38.3 Å². The van der Waals surface area contributed by atoms with Crippen molar-refractivity contribution in [2.75, 3.05) is 24.0 Å². The lowest BCUT2D eigenvalue weighted by atomic mass is 10.1. The van der Waals surface area contributed by atoms with E-state index in [1.807, 2.05) is 6.92 Å². The molecule has 3 aromatic carbocycles. The Morgan fingerprint density at radius 1 is 1.00 bits per heavy atom. The van der Waals surface area contributed by atoms with E-state index in [0.29, 0.717) is 23.4 Å². The number of hydrogen-bond donors (Lipinski definition) is 1. The molecule has 0 aliphatic rings. The van der Waals surface area contributed by atoms with Crippen LogP contribution >= 0.6 is 15.9 Å². The molecule has 0 spiro atoms. The van der Waals surface area contributed by atoms with Crippen molar-refractivity contribution in [1.29, 1.82) is 0 Å². The van der Waals surface area contributed by atoms with E-state index in [1.165, 1.54) is 42.2 Å². The van der Waals surface area contributed by atoms with Gasteiger partial charge in [-0.1, -0.05) is 34.1 Å². The summed E-state index contributed by atoms with van der Waals surface area (Å²) in [6.07, 6.45) is 0. The largest absolute Gasteiger partial charge is 0.494 e. The van der Waals surface area contributed by atoms with Gasteiger partial charge in [-0.25, -0.2) is 12.8 Å². The quantitative estimate of drug-likeness (QED) is 0.316. The Labute approximate surface area is 236 Å². The Morgan fingerprint density at radius 2 is 1.64 bits per heavy atom. The average molecular weight is 621 g/mol. The zero-order chi connectivity index (χ0) is 28.6. The van der Waals surface area contributed by atoms with Crippen LogP contribution < -0.4 is 14.4 Å². The van der Waals surface area contributed by atoms with Crippen LogP contribution in [-0.4, -0.2) is 50.9 Å². The summed E-state index contributed by atoms with van der Waals surface area (Å²) in [6.45, 7) is 5.02. The van der Waals surface area contributed by atoms with Crippen molar-refractivity contribution in [1.82, 2.24) is 10.2 Å². The molecule has 1 atom stereocenters. The van der Waals surface area contributed by atoms with Gasteiger partial charge in [-0.2, -0.15) is 0 Å². The van der Waals surface area contributed by atoms with Crippen LogP contribution in [0.25, 0.3) is 0 Å². The van der Waals surface area contributed by atoms with Crippen LogP contribution in [0.1, 0.15) is 26.3 Å². The molecule has 0 radical (unpaired) electrons. The Hall–Kier alpha value is -3.44. The molecule has 11 heteroatoms. The number of carbonyl (C=O) groups excluding carboxylic acids is 2.